The summed E-state index contributed by atoms with van der Waals surface area (Å²) in [6, 6.07) is 2.16. The normalized spacial score (nSPS) is 9.65. The summed E-state index contributed by atoms with van der Waals surface area (Å²) in [5, 5.41) is 8.57. The molecule has 0 rings (SSSR count). The average Bonchev–Trinajstić information content (AvgIpc) is 2.57. The van der Waals surface area contributed by atoms with Crippen LogP contribution in [0.25, 0.3) is 0 Å². The van der Waals surface area contributed by atoms with Gasteiger partial charge in [0.05, 0.1) is 6.07 Å². The molecule has 0 spiro atoms. The van der Waals surface area contributed by atoms with Gasteiger partial charge in [0.1, 0.15) is 13.2 Å². The van der Waals surface area contributed by atoms with Gasteiger partial charge in [0.15, 0.2) is 6.29 Å². The Morgan fingerprint density at radius 3 is 1.78 bits per heavy atom. The molecule has 128 valence electrons. The summed E-state index contributed by atoms with van der Waals surface area (Å²) in [7, 11) is 0. The van der Waals surface area contributed by atoms with E-state index in [0.29, 0.717) is 19.6 Å². The van der Waals surface area contributed by atoms with Gasteiger partial charge >= 0.3 is 0 Å². The minimum atomic E-state index is -0.269. The number of ether oxygens (including phenoxy) is 2. The van der Waals surface area contributed by atoms with Crippen LogP contribution >= 0.6 is 0 Å². The maximum Gasteiger partial charge on any atom is 0.160 e. The van der Waals surface area contributed by atoms with Crippen LogP contribution in [0.4, 0.5) is 0 Å². The number of nitriles is 1. The summed E-state index contributed by atoms with van der Waals surface area (Å²) in [6.07, 6.45) is 9.35. The van der Waals surface area contributed by atoms with Crippen molar-refractivity contribution in [1.82, 2.24) is 0 Å². The van der Waals surface area contributed by atoms with Crippen molar-refractivity contribution in [3.63, 3.8) is 0 Å². The average molecular weight is 317 g/mol. The molecule has 23 heavy (non-hydrogen) atoms. The molecule has 0 aliphatic rings. The fraction of sp³-hybridized carbons (Fsp3) is 0.750. The monoisotopic (exact) mass is 317 g/mol. The number of hydrogen-bond acceptors (Lipinski definition) is 3. The molecule has 0 amide bonds. The van der Waals surface area contributed by atoms with Crippen molar-refractivity contribution < 1.29 is 9.47 Å². The summed E-state index contributed by atoms with van der Waals surface area (Å²) < 4.78 is 11.4. The Bertz CT molecular complexity index is 387. The third kappa shape index (κ3) is 16.7. The molecule has 3 heteroatoms. The van der Waals surface area contributed by atoms with Gasteiger partial charge in [0, 0.05) is 19.3 Å². The van der Waals surface area contributed by atoms with Crippen LogP contribution in [0.2, 0.25) is 0 Å². The Balaban J connectivity index is 4.02. The Morgan fingerprint density at radius 2 is 1.30 bits per heavy atom. The van der Waals surface area contributed by atoms with Crippen molar-refractivity contribution in [2.24, 2.45) is 0 Å². The van der Waals surface area contributed by atoms with E-state index in [9.17, 15) is 0 Å². The molecule has 0 fully saturated rings. The molecule has 0 N–H and O–H groups in total. The van der Waals surface area contributed by atoms with E-state index in [1.165, 1.54) is 0 Å². The third-order valence-electron chi connectivity index (χ3n) is 3.22. The molecule has 3 nitrogen and oxygen atoms in total. The number of nitrogens with zero attached hydrogens (tertiary/aromatic N) is 1. The Kier molecular flexibility index (Phi) is 17.4. The Hall–Kier alpha value is -1.47. The van der Waals surface area contributed by atoms with Crippen LogP contribution in [-0.4, -0.2) is 19.5 Å². The highest BCUT2D eigenvalue weighted by atomic mass is 16.7. The van der Waals surface area contributed by atoms with Crippen LogP contribution in [0.5, 0.6) is 0 Å². The van der Waals surface area contributed by atoms with E-state index in [1.54, 1.807) is 0 Å². The van der Waals surface area contributed by atoms with Crippen LogP contribution in [-0.2, 0) is 9.47 Å². The summed E-state index contributed by atoms with van der Waals surface area (Å²) >= 11 is 0. The second kappa shape index (κ2) is 18.6. The highest BCUT2D eigenvalue weighted by Crippen LogP contribution is 2.08. The van der Waals surface area contributed by atoms with Gasteiger partial charge in [-0.05, 0) is 32.1 Å². The van der Waals surface area contributed by atoms with E-state index in [4.69, 9.17) is 14.7 Å². The second-order valence-electron chi connectivity index (χ2n) is 5.37. The minimum absolute atomic E-state index is 0.269. The zero-order chi connectivity index (χ0) is 17.0. The zero-order valence-corrected chi connectivity index (χ0v) is 14.8. The lowest BCUT2D eigenvalue weighted by molar-refractivity contribution is -0.128. The lowest BCUT2D eigenvalue weighted by Gasteiger charge is -2.15. The van der Waals surface area contributed by atoms with E-state index < -0.39 is 0 Å². The quantitative estimate of drug-likeness (QED) is 0.294. The van der Waals surface area contributed by atoms with E-state index in [1.807, 2.05) is 0 Å². The van der Waals surface area contributed by atoms with Gasteiger partial charge in [-0.25, -0.2) is 0 Å². The van der Waals surface area contributed by atoms with Gasteiger partial charge in [-0.2, -0.15) is 5.26 Å². The molecule has 0 saturated carbocycles. The first-order valence-electron chi connectivity index (χ1n) is 8.86. The maximum absolute atomic E-state index is 8.57. The fourth-order valence-corrected chi connectivity index (χ4v) is 1.81. The smallest absolute Gasteiger partial charge is 0.160 e. The lowest BCUT2D eigenvalue weighted by Crippen LogP contribution is -2.18. The van der Waals surface area contributed by atoms with Crippen LogP contribution < -0.4 is 0 Å². The Labute approximate surface area is 142 Å². The van der Waals surface area contributed by atoms with E-state index in [0.717, 1.165) is 57.8 Å². The van der Waals surface area contributed by atoms with Crippen molar-refractivity contribution >= 4 is 0 Å². The topological polar surface area (TPSA) is 42.2 Å². The van der Waals surface area contributed by atoms with Crippen LogP contribution in [0.3, 0.4) is 0 Å². The number of hydrogen-bond donors (Lipinski definition) is 0. The van der Waals surface area contributed by atoms with Gasteiger partial charge < -0.3 is 9.47 Å². The molecular formula is C20H31NO2. The van der Waals surface area contributed by atoms with Crippen LogP contribution in [0.15, 0.2) is 0 Å². The molecule has 0 heterocycles. The third-order valence-corrected chi connectivity index (χ3v) is 3.22. The van der Waals surface area contributed by atoms with Crippen molar-refractivity contribution in [2.75, 3.05) is 13.2 Å². The maximum atomic E-state index is 8.57. The number of rotatable bonds is 12. The molecule has 0 aromatic rings. The molecule has 0 aliphatic carbocycles. The minimum Gasteiger partial charge on any atom is -0.340 e. The number of unbranched alkanes of at least 4 members (excludes halogenated alkanes) is 6. The SMILES string of the molecule is CCCCC#CCOC(CCCCC#N)OCC#CCCCC. The lowest BCUT2D eigenvalue weighted by atomic mass is 10.2. The van der Waals surface area contributed by atoms with E-state index in [-0.39, 0.29) is 6.29 Å². The summed E-state index contributed by atoms with van der Waals surface area (Å²) in [5.41, 5.74) is 0. The first kappa shape index (κ1) is 21.5. The van der Waals surface area contributed by atoms with Crippen molar-refractivity contribution in [3.05, 3.63) is 0 Å². The molecule has 0 aliphatic heterocycles. The highest BCUT2D eigenvalue weighted by Gasteiger charge is 2.07. The molecule has 0 aromatic heterocycles. The molecule has 0 saturated heterocycles. The van der Waals surface area contributed by atoms with Crippen molar-refractivity contribution in [1.29, 1.82) is 5.26 Å². The van der Waals surface area contributed by atoms with Crippen LogP contribution in [0.1, 0.15) is 78.1 Å². The van der Waals surface area contributed by atoms with E-state index >= 15 is 0 Å². The fourth-order valence-electron chi connectivity index (χ4n) is 1.81. The molecular weight excluding hydrogens is 286 g/mol. The van der Waals surface area contributed by atoms with Gasteiger partial charge in [0.2, 0.25) is 0 Å². The predicted octanol–water partition coefficient (Wildman–Crippen LogP) is 4.82. The summed E-state index contributed by atoms with van der Waals surface area (Å²) in [5.74, 6) is 12.3. The molecule has 0 unspecified atom stereocenters. The second-order valence-corrected chi connectivity index (χ2v) is 5.37. The molecule has 0 aromatic carbocycles. The highest BCUT2D eigenvalue weighted by molar-refractivity contribution is 4.99. The van der Waals surface area contributed by atoms with Gasteiger partial charge in [0.25, 0.3) is 0 Å². The first-order valence-corrected chi connectivity index (χ1v) is 8.86. The predicted molar refractivity (Wildman–Crippen MR) is 94.4 cm³/mol. The van der Waals surface area contributed by atoms with Gasteiger partial charge in [-0.1, -0.05) is 38.5 Å². The van der Waals surface area contributed by atoms with Gasteiger partial charge in [-0.3, -0.25) is 0 Å². The zero-order valence-electron chi connectivity index (χ0n) is 14.8. The van der Waals surface area contributed by atoms with Crippen LogP contribution in [0, 0.1) is 35.0 Å². The van der Waals surface area contributed by atoms with Crippen molar-refractivity contribution in [3.8, 4) is 29.8 Å². The van der Waals surface area contributed by atoms with Gasteiger partial charge in [-0.15, -0.1) is 11.8 Å². The molecule has 0 atom stereocenters. The molecule has 0 radical (unpaired) electrons. The Morgan fingerprint density at radius 1 is 0.739 bits per heavy atom. The summed E-state index contributed by atoms with van der Waals surface area (Å²) in [6.45, 7) is 5.11. The largest absolute Gasteiger partial charge is 0.340 e. The molecule has 0 bridgehead atoms. The van der Waals surface area contributed by atoms with Crippen molar-refractivity contribution in [2.45, 2.75) is 84.3 Å². The summed E-state index contributed by atoms with van der Waals surface area (Å²) in [4.78, 5) is 0. The van der Waals surface area contributed by atoms with E-state index in [2.05, 4.69) is 43.6 Å². The first-order chi connectivity index (χ1) is 11.3. The standard InChI is InChI=1S/C20H31NO2/c1-3-5-7-9-14-18-22-20(16-12-11-13-17-21)23-19-15-10-8-6-4-2/h20H,3-8,11-13,16,18-19H2,1-2H3.